The average Bonchev–Trinajstić information content (AvgIpc) is 3.13. The Balaban J connectivity index is 1.63. The first-order valence-electron chi connectivity index (χ1n) is 8.81. The van der Waals surface area contributed by atoms with E-state index in [1.165, 1.54) is 0 Å². The van der Waals surface area contributed by atoms with Gasteiger partial charge in [0.25, 0.3) is 5.71 Å². The van der Waals surface area contributed by atoms with Crippen molar-refractivity contribution in [3.05, 3.63) is 82.0 Å². The molecule has 0 aliphatic carbocycles. The Kier molecular flexibility index (Phi) is 5.22. The first kappa shape index (κ1) is 19.0. The number of aromatic nitrogens is 2. The molecule has 0 amide bonds. The quantitative estimate of drug-likeness (QED) is 0.314. The molecule has 4 rings (SSSR count). The van der Waals surface area contributed by atoms with Gasteiger partial charge in [-0.1, -0.05) is 63.6 Å². The smallest absolute Gasteiger partial charge is 0.339 e. The van der Waals surface area contributed by atoms with Gasteiger partial charge in [0, 0.05) is 15.6 Å². The molecule has 0 N–H and O–H groups in total. The first-order chi connectivity index (χ1) is 14.0. The summed E-state index contributed by atoms with van der Waals surface area (Å²) >= 11 is 3.32. The van der Waals surface area contributed by atoms with E-state index < -0.39 is 5.97 Å². The van der Waals surface area contributed by atoms with Crippen LogP contribution in [-0.2, 0) is 4.74 Å². The predicted molar refractivity (Wildman–Crippen MR) is 111 cm³/mol. The summed E-state index contributed by atoms with van der Waals surface area (Å²) < 4.78 is 11.4. The fourth-order valence-corrected chi connectivity index (χ4v) is 3.20. The van der Waals surface area contributed by atoms with Gasteiger partial charge in [-0.15, -0.1) is 0 Å². The number of ether oxygens (including phenoxy) is 1. The lowest BCUT2D eigenvalue weighted by Crippen LogP contribution is -2.15. The Labute approximate surface area is 174 Å². The van der Waals surface area contributed by atoms with Crippen LogP contribution in [0.3, 0.4) is 0 Å². The Morgan fingerprint density at radius 3 is 2.52 bits per heavy atom. The molecule has 0 saturated carbocycles. The van der Waals surface area contributed by atoms with Crippen molar-refractivity contribution in [2.24, 2.45) is 0 Å². The summed E-state index contributed by atoms with van der Waals surface area (Å²) in [6, 6.07) is 17.9. The van der Waals surface area contributed by atoms with Gasteiger partial charge in [-0.3, -0.25) is 4.79 Å². The molecule has 0 aliphatic rings. The molecule has 6 nitrogen and oxygen atoms in total. The number of hydrogen-bond donors (Lipinski definition) is 0. The molecular weight excluding hydrogens is 436 g/mol. The Morgan fingerprint density at radius 2 is 1.79 bits per heavy atom. The van der Waals surface area contributed by atoms with Crippen LogP contribution in [0.15, 0.2) is 69.7 Å². The number of benzene rings is 2. The highest BCUT2D eigenvalue weighted by Crippen LogP contribution is 2.27. The van der Waals surface area contributed by atoms with Gasteiger partial charge >= 0.3 is 5.97 Å². The monoisotopic (exact) mass is 450 g/mol. The van der Waals surface area contributed by atoms with Gasteiger partial charge in [0.05, 0.1) is 22.3 Å². The average molecular weight is 451 g/mol. The molecule has 144 valence electrons. The SMILES string of the molecule is Cc1noc2nc(-c3ccccc3)cc(C(=O)OCC(=O)c3ccc(Br)cc3)c12. The van der Waals surface area contributed by atoms with Crippen LogP contribution in [0.4, 0.5) is 0 Å². The first-order valence-corrected chi connectivity index (χ1v) is 9.60. The summed E-state index contributed by atoms with van der Waals surface area (Å²) in [5.41, 5.74) is 2.88. The highest BCUT2D eigenvalue weighted by atomic mass is 79.9. The van der Waals surface area contributed by atoms with E-state index in [2.05, 4.69) is 26.1 Å². The minimum atomic E-state index is -0.633. The van der Waals surface area contributed by atoms with E-state index >= 15 is 0 Å². The molecule has 0 radical (unpaired) electrons. The molecule has 2 aromatic carbocycles. The fraction of sp³-hybridized carbons (Fsp3) is 0.0909. The van der Waals surface area contributed by atoms with E-state index in [1.807, 2.05) is 30.3 Å². The third-order valence-electron chi connectivity index (χ3n) is 4.41. The lowest BCUT2D eigenvalue weighted by atomic mass is 10.1. The number of aryl methyl sites for hydroxylation is 1. The number of pyridine rings is 1. The lowest BCUT2D eigenvalue weighted by Gasteiger charge is -2.08. The molecule has 0 bridgehead atoms. The van der Waals surface area contributed by atoms with E-state index in [9.17, 15) is 9.59 Å². The van der Waals surface area contributed by atoms with Crippen molar-refractivity contribution in [3.63, 3.8) is 0 Å². The van der Waals surface area contributed by atoms with Crippen LogP contribution in [0, 0.1) is 6.92 Å². The molecule has 0 saturated heterocycles. The number of carbonyl (C=O) groups excluding carboxylic acids is 2. The van der Waals surface area contributed by atoms with Crippen molar-refractivity contribution in [2.75, 3.05) is 6.61 Å². The minimum Gasteiger partial charge on any atom is -0.454 e. The van der Waals surface area contributed by atoms with Crippen molar-refractivity contribution in [2.45, 2.75) is 6.92 Å². The van der Waals surface area contributed by atoms with Crippen LogP contribution in [0.1, 0.15) is 26.4 Å². The highest BCUT2D eigenvalue weighted by Gasteiger charge is 2.21. The maximum atomic E-state index is 12.8. The molecular formula is C22H15BrN2O4. The van der Waals surface area contributed by atoms with Crippen LogP contribution in [0.5, 0.6) is 0 Å². The van der Waals surface area contributed by atoms with Crippen molar-refractivity contribution in [1.82, 2.24) is 10.1 Å². The Morgan fingerprint density at radius 1 is 1.07 bits per heavy atom. The van der Waals surface area contributed by atoms with Gasteiger partial charge in [0.2, 0.25) is 0 Å². The van der Waals surface area contributed by atoms with Gasteiger partial charge in [0.15, 0.2) is 12.4 Å². The number of fused-ring (bicyclic) bond motifs is 1. The van der Waals surface area contributed by atoms with Crippen LogP contribution in [-0.4, -0.2) is 28.5 Å². The predicted octanol–water partition coefficient (Wildman–Crippen LogP) is 5.00. The molecule has 0 aliphatic heterocycles. The van der Waals surface area contributed by atoms with Gasteiger partial charge in [-0.05, 0) is 25.1 Å². The molecule has 0 fully saturated rings. The molecule has 7 heteroatoms. The number of carbonyl (C=O) groups is 2. The number of rotatable bonds is 5. The minimum absolute atomic E-state index is 0.245. The molecule has 0 atom stereocenters. The third kappa shape index (κ3) is 3.95. The summed E-state index contributed by atoms with van der Waals surface area (Å²) in [5.74, 6) is -0.923. The van der Waals surface area contributed by atoms with Crippen molar-refractivity contribution in [1.29, 1.82) is 0 Å². The summed E-state index contributed by atoms with van der Waals surface area (Å²) in [7, 11) is 0. The number of nitrogens with zero attached hydrogens (tertiary/aromatic N) is 2. The highest BCUT2D eigenvalue weighted by molar-refractivity contribution is 9.10. The number of halogens is 1. The number of Topliss-reactive ketones (excluding diaryl/α,β-unsaturated/α-hetero) is 1. The molecule has 2 heterocycles. The van der Waals surface area contributed by atoms with Gasteiger partial charge in [-0.2, -0.15) is 0 Å². The number of ketones is 1. The molecule has 0 spiro atoms. The fourth-order valence-electron chi connectivity index (χ4n) is 2.94. The zero-order chi connectivity index (χ0) is 20.4. The largest absolute Gasteiger partial charge is 0.454 e. The zero-order valence-electron chi connectivity index (χ0n) is 15.4. The standard InChI is InChI=1S/C22H15BrN2O4/c1-13-20-17(22(27)28-12-19(26)15-7-9-16(23)10-8-15)11-18(24-21(20)29-25-13)14-5-3-2-4-6-14/h2-11H,12H2,1H3. The maximum absolute atomic E-state index is 12.8. The number of esters is 1. The van der Waals surface area contributed by atoms with Gasteiger partial charge in [-0.25, -0.2) is 9.78 Å². The van der Waals surface area contributed by atoms with Crippen molar-refractivity contribution in [3.8, 4) is 11.3 Å². The van der Waals surface area contributed by atoms with E-state index in [4.69, 9.17) is 9.26 Å². The van der Waals surface area contributed by atoms with Crippen LogP contribution >= 0.6 is 15.9 Å². The van der Waals surface area contributed by atoms with Crippen LogP contribution < -0.4 is 0 Å². The molecule has 2 aromatic heterocycles. The summed E-state index contributed by atoms with van der Waals surface area (Å²) in [6.07, 6.45) is 0. The van der Waals surface area contributed by atoms with E-state index in [1.54, 1.807) is 37.3 Å². The summed E-state index contributed by atoms with van der Waals surface area (Å²) in [4.78, 5) is 29.6. The topological polar surface area (TPSA) is 82.3 Å². The summed E-state index contributed by atoms with van der Waals surface area (Å²) in [6.45, 7) is 1.36. The van der Waals surface area contributed by atoms with Crippen molar-refractivity contribution < 1.29 is 18.8 Å². The second kappa shape index (κ2) is 7.97. The zero-order valence-corrected chi connectivity index (χ0v) is 17.0. The normalized spacial score (nSPS) is 10.8. The Hall–Kier alpha value is -3.32. The summed E-state index contributed by atoms with van der Waals surface area (Å²) in [5, 5.41) is 4.39. The second-order valence-corrected chi connectivity index (χ2v) is 7.29. The maximum Gasteiger partial charge on any atom is 0.339 e. The van der Waals surface area contributed by atoms with Crippen LogP contribution in [0.25, 0.3) is 22.4 Å². The van der Waals surface area contributed by atoms with Gasteiger partial charge in [0.1, 0.15) is 0 Å². The van der Waals surface area contributed by atoms with E-state index in [-0.39, 0.29) is 23.7 Å². The van der Waals surface area contributed by atoms with E-state index in [0.29, 0.717) is 22.3 Å². The molecule has 4 aromatic rings. The van der Waals surface area contributed by atoms with Crippen molar-refractivity contribution >= 4 is 38.8 Å². The second-order valence-electron chi connectivity index (χ2n) is 6.38. The van der Waals surface area contributed by atoms with Gasteiger partial charge < -0.3 is 9.26 Å². The Bertz CT molecular complexity index is 1200. The number of hydrogen-bond acceptors (Lipinski definition) is 6. The van der Waals surface area contributed by atoms with E-state index in [0.717, 1.165) is 10.0 Å². The molecule has 0 unspecified atom stereocenters. The van der Waals surface area contributed by atoms with Crippen LogP contribution in [0.2, 0.25) is 0 Å². The lowest BCUT2D eigenvalue weighted by molar-refractivity contribution is 0.0476. The molecule has 29 heavy (non-hydrogen) atoms. The third-order valence-corrected chi connectivity index (χ3v) is 4.94.